The van der Waals surface area contributed by atoms with Gasteiger partial charge in [-0.25, -0.2) is 13.4 Å². The first-order valence-electron chi connectivity index (χ1n) is 5.64. The molecule has 3 N–H and O–H groups in total. The maximum Gasteiger partial charge on any atom is 0.179 e. The summed E-state index contributed by atoms with van der Waals surface area (Å²) in [6.45, 7) is 1.40. The monoisotopic (exact) mass is 257 g/mol. The van der Waals surface area contributed by atoms with E-state index in [2.05, 4.69) is 10.3 Å². The van der Waals surface area contributed by atoms with Crippen LogP contribution in [0.5, 0.6) is 0 Å². The average Bonchev–Trinajstić information content (AvgIpc) is 2.28. The molecule has 0 saturated carbocycles. The highest BCUT2D eigenvalue weighted by atomic mass is 32.2. The third kappa shape index (κ3) is 4.70. The summed E-state index contributed by atoms with van der Waals surface area (Å²) in [4.78, 5) is 4.30. The SMILES string of the molecule is CS(=O)(=O)c1cccnc1NCCCCCN. The number of hydrogen-bond acceptors (Lipinski definition) is 5. The average molecular weight is 257 g/mol. The van der Waals surface area contributed by atoms with E-state index in [0.29, 0.717) is 18.9 Å². The van der Waals surface area contributed by atoms with Crippen molar-refractivity contribution in [3.8, 4) is 0 Å². The molecule has 1 heterocycles. The summed E-state index contributed by atoms with van der Waals surface area (Å²) in [5, 5.41) is 3.05. The normalized spacial score (nSPS) is 11.4. The Morgan fingerprint density at radius 3 is 2.76 bits per heavy atom. The van der Waals surface area contributed by atoms with E-state index in [9.17, 15) is 8.42 Å². The highest BCUT2D eigenvalue weighted by molar-refractivity contribution is 7.90. The van der Waals surface area contributed by atoms with Gasteiger partial charge < -0.3 is 11.1 Å². The zero-order chi connectivity index (χ0) is 12.7. The summed E-state index contributed by atoms with van der Waals surface area (Å²) in [6, 6.07) is 3.18. The van der Waals surface area contributed by atoms with Crippen LogP contribution in [0.2, 0.25) is 0 Å². The number of unbranched alkanes of at least 4 members (excludes halogenated alkanes) is 2. The smallest absolute Gasteiger partial charge is 0.179 e. The van der Waals surface area contributed by atoms with Crippen LogP contribution in [0.1, 0.15) is 19.3 Å². The van der Waals surface area contributed by atoms with Gasteiger partial charge in [-0.15, -0.1) is 0 Å². The topological polar surface area (TPSA) is 85.1 Å². The molecule has 0 aliphatic carbocycles. The van der Waals surface area contributed by atoms with Gasteiger partial charge in [0.05, 0.1) is 0 Å². The molecule has 96 valence electrons. The molecule has 0 spiro atoms. The molecule has 1 aromatic rings. The van der Waals surface area contributed by atoms with Crippen molar-refractivity contribution in [2.45, 2.75) is 24.2 Å². The van der Waals surface area contributed by atoms with E-state index in [1.54, 1.807) is 18.3 Å². The lowest BCUT2D eigenvalue weighted by Gasteiger charge is -2.09. The number of rotatable bonds is 7. The highest BCUT2D eigenvalue weighted by Gasteiger charge is 2.12. The zero-order valence-electron chi connectivity index (χ0n) is 10.0. The second-order valence-corrected chi connectivity index (χ2v) is 5.88. The second kappa shape index (κ2) is 6.56. The number of pyridine rings is 1. The fourth-order valence-electron chi connectivity index (χ4n) is 1.48. The molecule has 0 aromatic carbocycles. The molecule has 0 fully saturated rings. The number of nitrogens with two attached hydrogens (primary N) is 1. The minimum atomic E-state index is -3.23. The molecule has 0 bridgehead atoms. The Labute approximate surface area is 102 Å². The standard InChI is InChI=1S/C11H19N3O2S/c1-17(15,16)10-6-5-9-14-11(10)13-8-4-2-3-7-12/h5-6,9H,2-4,7-8,12H2,1H3,(H,13,14). The van der Waals surface area contributed by atoms with E-state index in [-0.39, 0.29) is 4.90 Å². The van der Waals surface area contributed by atoms with E-state index in [1.165, 1.54) is 6.26 Å². The Hall–Kier alpha value is -1.14. The van der Waals surface area contributed by atoms with Crippen molar-refractivity contribution < 1.29 is 8.42 Å². The molecule has 0 saturated heterocycles. The van der Waals surface area contributed by atoms with Crippen LogP contribution in [0.3, 0.4) is 0 Å². The maximum absolute atomic E-state index is 11.5. The van der Waals surface area contributed by atoms with Crippen LogP contribution in [0.4, 0.5) is 5.82 Å². The van der Waals surface area contributed by atoms with E-state index in [4.69, 9.17) is 5.73 Å². The first kappa shape index (κ1) is 13.9. The fourth-order valence-corrected chi connectivity index (χ4v) is 2.28. The van der Waals surface area contributed by atoms with Crippen molar-refractivity contribution in [1.82, 2.24) is 4.98 Å². The van der Waals surface area contributed by atoms with Gasteiger partial charge in [0.2, 0.25) is 0 Å². The van der Waals surface area contributed by atoms with E-state index in [1.807, 2.05) is 0 Å². The lowest BCUT2D eigenvalue weighted by atomic mass is 10.2. The molecule has 0 amide bonds. The van der Waals surface area contributed by atoms with Crippen molar-refractivity contribution in [1.29, 1.82) is 0 Å². The molecule has 1 aromatic heterocycles. The molecule has 0 atom stereocenters. The number of nitrogens with one attached hydrogen (secondary N) is 1. The second-order valence-electron chi connectivity index (χ2n) is 3.90. The quantitative estimate of drug-likeness (QED) is 0.712. The van der Waals surface area contributed by atoms with Crippen LogP contribution in [0, 0.1) is 0 Å². The summed E-state index contributed by atoms with van der Waals surface area (Å²) in [7, 11) is -3.23. The predicted molar refractivity (Wildman–Crippen MR) is 68.7 cm³/mol. The molecule has 1 rings (SSSR count). The summed E-state index contributed by atoms with van der Waals surface area (Å²) in [5.41, 5.74) is 5.39. The highest BCUT2D eigenvalue weighted by Crippen LogP contribution is 2.17. The predicted octanol–water partition coefficient (Wildman–Crippen LogP) is 1.03. The summed E-state index contributed by atoms with van der Waals surface area (Å²) < 4.78 is 23.0. The molecule has 0 radical (unpaired) electrons. The van der Waals surface area contributed by atoms with Gasteiger partial charge in [0, 0.05) is 19.0 Å². The van der Waals surface area contributed by atoms with E-state index < -0.39 is 9.84 Å². The van der Waals surface area contributed by atoms with Crippen LogP contribution in [-0.4, -0.2) is 32.7 Å². The first-order chi connectivity index (χ1) is 8.05. The minimum absolute atomic E-state index is 0.249. The lowest BCUT2D eigenvalue weighted by molar-refractivity contribution is 0.601. The van der Waals surface area contributed by atoms with Crippen molar-refractivity contribution in [2.24, 2.45) is 5.73 Å². The van der Waals surface area contributed by atoms with Crippen LogP contribution >= 0.6 is 0 Å². The van der Waals surface area contributed by atoms with Gasteiger partial charge in [0.1, 0.15) is 10.7 Å². The van der Waals surface area contributed by atoms with Gasteiger partial charge in [-0.1, -0.05) is 6.42 Å². The third-order valence-electron chi connectivity index (χ3n) is 2.34. The Balaban J connectivity index is 2.59. The number of aromatic nitrogens is 1. The number of nitrogens with zero attached hydrogens (tertiary/aromatic N) is 1. The number of sulfone groups is 1. The Kier molecular flexibility index (Phi) is 5.37. The Morgan fingerprint density at radius 2 is 2.12 bits per heavy atom. The van der Waals surface area contributed by atoms with Crippen LogP contribution < -0.4 is 11.1 Å². The van der Waals surface area contributed by atoms with E-state index in [0.717, 1.165) is 19.3 Å². The van der Waals surface area contributed by atoms with Crippen LogP contribution in [0.25, 0.3) is 0 Å². The van der Waals surface area contributed by atoms with Gasteiger partial charge in [-0.05, 0) is 31.5 Å². The van der Waals surface area contributed by atoms with Crippen LogP contribution in [0.15, 0.2) is 23.2 Å². The maximum atomic E-state index is 11.5. The molecule has 5 nitrogen and oxygen atoms in total. The number of hydrogen-bond donors (Lipinski definition) is 2. The fraction of sp³-hybridized carbons (Fsp3) is 0.545. The van der Waals surface area contributed by atoms with Crippen molar-refractivity contribution >= 4 is 15.7 Å². The van der Waals surface area contributed by atoms with Crippen molar-refractivity contribution in [3.05, 3.63) is 18.3 Å². The summed E-state index contributed by atoms with van der Waals surface area (Å²) in [5.74, 6) is 0.433. The Morgan fingerprint density at radius 1 is 1.35 bits per heavy atom. The van der Waals surface area contributed by atoms with Gasteiger partial charge in [0.15, 0.2) is 9.84 Å². The van der Waals surface area contributed by atoms with Gasteiger partial charge in [-0.3, -0.25) is 0 Å². The third-order valence-corrected chi connectivity index (χ3v) is 3.47. The molecule has 0 aliphatic rings. The number of anilines is 1. The summed E-state index contributed by atoms with van der Waals surface area (Å²) >= 11 is 0. The lowest BCUT2D eigenvalue weighted by Crippen LogP contribution is -2.09. The first-order valence-corrected chi connectivity index (χ1v) is 7.54. The van der Waals surface area contributed by atoms with Gasteiger partial charge in [-0.2, -0.15) is 0 Å². The Bertz CT molecular complexity index is 446. The van der Waals surface area contributed by atoms with Crippen molar-refractivity contribution in [3.63, 3.8) is 0 Å². The molecule has 0 unspecified atom stereocenters. The molecule has 17 heavy (non-hydrogen) atoms. The van der Waals surface area contributed by atoms with Crippen LogP contribution in [-0.2, 0) is 9.84 Å². The van der Waals surface area contributed by atoms with E-state index >= 15 is 0 Å². The van der Waals surface area contributed by atoms with Crippen molar-refractivity contribution in [2.75, 3.05) is 24.7 Å². The van der Waals surface area contributed by atoms with Gasteiger partial charge >= 0.3 is 0 Å². The minimum Gasteiger partial charge on any atom is -0.369 e. The zero-order valence-corrected chi connectivity index (χ0v) is 10.8. The summed E-state index contributed by atoms with van der Waals surface area (Å²) in [6.07, 6.45) is 5.74. The molecular weight excluding hydrogens is 238 g/mol. The largest absolute Gasteiger partial charge is 0.369 e. The molecular formula is C11H19N3O2S. The van der Waals surface area contributed by atoms with Gasteiger partial charge in [0.25, 0.3) is 0 Å². The molecule has 0 aliphatic heterocycles. The molecule has 6 heteroatoms.